The fraction of sp³-hybridized carbons (Fsp3) is 0.727. The summed E-state index contributed by atoms with van der Waals surface area (Å²) >= 11 is 0. The lowest BCUT2D eigenvalue weighted by molar-refractivity contribution is 0.0273. The summed E-state index contributed by atoms with van der Waals surface area (Å²) in [6, 6.07) is 1.87. The van der Waals surface area contributed by atoms with Gasteiger partial charge in [-0.15, -0.1) is 0 Å². The zero-order valence-corrected chi connectivity index (χ0v) is 9.26. The molecule has 0 aromatic carbocycles. The molecule has 84 valence electrons. The quantitative estimate of drug-likeness (QED) is 0.817. The third-order valence-corrected chi connectivity index (χ3v) is 3.23. The van der Waals surface area contributed by atoms with Gasteiger partial charge < -0.3 is 9.84 Å². The SMILES string of the molecule is CCC1OCCC1C(O)c1ccnn1C. The predicted octanol–water partition coefficient (Wildman–Crippen LogP) is 1.27. The summed E-state index contributed by atoms with van der Waals surface area (Å²) in [7, 11) is 1.86. The lowest BCUT2D eigenvalue weighted by atomic mass is 9.91. The van der Waals surface area contributed by atoms with Crippen molar-refractivity contribution in [1.82, 2.24) is 9.78 Å². The third-order valence-electron chi connectivity index (χ3n) is 3.23. The van der Waals surface area contributed by atoms with Crippen molar-refractivity contribution in [3.63, 3.8) is 0 Å². The Balaban J connectivity index is 2.13. The standard InChI is InChI=1S/C11H18N2O2/c1-3-10-8(5-7-15-10)11(14)9-4-6-12-13(9)2/h4,6,8,10-11,14H,3,5,7H2,1-2H3. The Hall–Kier alpha value is -0.870. The highest BCUT2D eigenvalue weighted by atomic mass is 16.5. The van der Waals surface area contributed by atoms with Crippen molar-refractivity contribution in [2.75, 3.05) is 6.61 Å². The van der Waals surface area contributed by atoms with E-state index in [1.807, 2.05) is 13.1 Å². The second kappa shape index (κ2) is 4.33. The summed E-state index contributed by atoms with van der Waals surface area (Å²) < 4.78 is 7.32. The zero-order valence-electron chi connectivity index (χ0n) is 9.26. The Bertz CT molecular complexity index is 324. The van der Waals surface area contributed by atoms with Gasteiger partial charge in [0, 0.05) is 25.8 Å². The van der Waals surface area contributed by atoms with E-state index < -0.39 is 6.10 Å². The first-order valence-corrected chi connectivity index (χ1v) is 5.51. The first kappa shape index (κ1) is 10.6. The number of rotatable bonds is 3. The van der Waals surface area contributed by atoms with E-state index in [9.17, 15) is 5.11 Å². The molecule has 0 bridgehead atoms. The van der Waals surface area contributed by atoms with Gasteiger partial charge in [-0.25, -0.2) is 0 Å². The van der Waals surface area contributed by atoms with Gasteiger partial charge in [-0.05, 0) is 18.9 Å². The minimum Gasteiger partial charge on any atom is -0.386 e. The van der Waals surface area contributed by atoms with Gasteiger partial charge in [-0.1, -0.05) is 6.92 Å². The molecule has 0 spiro atoms. The normalized spacial score (nSPS) is 28.2. The highest BCUT2D eigenvalue weighted by Crippen LogP contribution is 2.34. The van der Waals surface area contributed by atoms with Crippen LogP contribution in [0.15, 0.2) is 12.3 Å². The van der Waals surface area contributed by atoms with Crippen LogP contribution in [0.3, 0.4) is 0 Å². The van der Waals surface area contributed by atoms with E-state index in [4.69, 9.17) is 4.74 Å². The zero-order chi connectivity index (χ0) is 10.8. The maximum absolute atomic E-state index is 10.3. The molecule has 0 saturated carbocycles. The van der Waals surface area contributed by atoms with Crippen LogP contribution in [-0.4, -0.2) is 27.6 Å². The Labute approximate surface area is 89.9 Å². The van der Waals surface area contributed by atoms with Gasteiger partial charge >= 0.3 is 0 Å². The Morgan fingerprint density at radius 2 is 2.53 bits per heavy atom. The van der Waals surface area contributed by atoms with Crippen molar-refractivity contribution in [2.45, 2.75) is 32.0 Å². The molecule has 3 atom stereocenters. The number of hydrogen-bond acceptors (Lipinski definition) is 3. The molecule has 2 heterocycles. The van der Waals surface area contributed by atoms with Crippen LogP contribution < -0.4 is 0 Å². The molecule has 3 unspecified atom stereocenters. The topological polar surface area (TPSA) is 47.3 Å². The third kappa shape index (κ3) is 1.92. The highest BCUT2D eigenvalue weighted by Gasteiger charge is 2.34. The predicted molar refractivity (Wildman–Crippen MR) is 56.3 cm³/mol. The lowest BCUT2D eigenvalue weighted by Crippen LogP contribution is -2.23. The molecule has 15 heavy (non-hydrogen) atoms. The van der Waals surface area contributed by atoms with Crippen LogP contribution in [-0.2, 0) is 11.8 Å². The first-order valence-electron chi connectivity index (χ1n) is 5.51. The summed E-state index contributed by atoms with van der Waals surface area (Å²) in [6.45, 7) is 2.86. The van der Waals surface area contributed by atoms with Crippen molar-refractivity contribution in [3.8, 4) is 0 Å². The van der Waals surface area contributed by atoms with E-state index in [-0.39, 0.29) is 12.0 Å². The Morgan fingerprint density at radius 1 is 1.73 bits per heavy atom. The summed E-state index contributed by atoms with van der Waals surface area (Å²) in [5, 5.41) is 14.3. The number of aliphatic hydroxyl groups excluding tert-OH is 1. The average Bonchev–Trinajstić information content (AvgIpc) is 2.84. The van der Waals surface area contributed by atoms with Crippen molar-refractivity contribution in [2.24, 2.45) is 13.0 Å². The molecule has 1 fully saturated rings. The molecular weight excluding hydrogens is 192 g/mol. The van der Waals surface area contributed by atoms with E-state index in [2.05, 4.69) is 12.0 Å². The number of nitrogens with zero attached hydrogens (tertiary/aromatic N) is 2. The summed E-state index contributed by atoms with van der Waals surface area (Å²) in [5.41, 5.74) is 0.879. The van der Waals surface area contributed by atoms with E-state index in [0.717, 1.165) is 25.1 Å². The summed E-state index contributed by atoms with van der Waals surface area (Å²) in [6.07, 6.45) is 3.35. The minimum atomic E-state index is -0.454. The van der Waals surface area contributed by atoms with Crippen molar-refractivity contribution >= 4 is 0 Å². The minimum absolute atomic E-state index is 0.190. The summed E-state index contributed by atoms with van der Waals surface area (Å²) in [5.74, 6) is 0.213. The maximum Gasteiger partial charge on any atom is 0.101 e. The van der Waals surface area contributed by atoms with E-state index >= 15 is 0 Å². The number of ether oxygens (including phenoxy) is 1. The van der Waals surface area contributed by atoms with E-state index in [0.29, 0.717) is 0 Å². The molecule has 0 amide bonds. The molecule has 4 nitrogen and oxygen atoms in total. The fourth-order valence-corrected chi connectivity index (χ4v) is 2.34. The molecule has 1 aliphatic rings. The van der Waals surface area contributed by atoms with Crippen LogP contribution in [0.1, 0.15) is 31.6 Å². The summed E-state index contributed by atoms with van der Waals surface area (Å²) in [4.78, 5) is 0. The van der Waals surface area contributed by atoms with Crippen molar-refractivity contribution in [1.29, 1.82) is 0 Å². The molecule has 0 aliphatic carbocycles. The van der Waals surface area contributed by atoms with Crippen LogP contribution in [0.5, 0.6) is 0 Å². The number of aromatic nitrogens is 2. The maximum atomic E-state index is 10.3. The van der Waals surface area contributed by atoms with Gasteiger partial charge in [0.25, 0.3) is 0 Å². The molecule has 1 aliphatic heterocycles. The molecule has 1 aromatic heterocycles. The van der Waals surface area contributed by atoms with Crippen LogP contribution in [0.2, 0.25) is 0 Å². The second-order valence-corrected chi connectivity index (χ2v) is 4.09. The van der Waals surface area contributed by atoms with E-state index in [1.165, 1.54) is 0 Å². The first-order chi connectivity index (χ1) is 7.24. The molecular formula is C11H18N2O2. The second-order valence-electron chi connectivity index (χ2n) is 4.09. The number of aryl methyl sites for hydroxylation is 1. The molecule has 2 rings (SSSR count). The van der Waals surface area contributed by atoms with Crippen molar-refractivity contribution in [3.05, 3.63) is 18.0 Å². The molecule has 1 aromatic rings. The van der Waals surface area contributed by atoms with Crippen LogP contribution in [0, 0.1) is 5.92 Å². The van der Waals surface area contributed by atoms with Gasteiger partial charge in [0.1, 0.15) is 6.10 Å². The van der Waals surface area contributed by atoms with Gasteiger partial charge in [0.2, 0.25) is 0 Å². The monoisotopic (exact) mass is 210 g/mol. The fourth-order valence-electron chi connectivity index (χ4n) is 2.34. The molecule has 0 radical (unpaired) electrons. The van der Waals surface area contributed by atoms with Crippen LogP contribution >= 0.6 is 0 Å². The lowest BCUT2D eigenvalue weighted by Gasteiger charge is -2.22. The van der Waals surface area contributed by atoms with Gasteiger partial charge in [-0.3, -0.25) is 4.68 Å². The van der Waals surface area contributed by atoms with Crippen molar-refractivity contribution < 1.29 is 9.84 Å². The van der Waals surface area contributed by atoms with Crippen LogP contribution in [0.25, 0.3) is 0 Å². The van der Waals surface area contributed by atoms with E-state index in [1.54, 1.807) is 10.9 Å². The average molecular weight is 210 g/mol. The smallest absolute Gasteiger partial charge is 0.101 e. The number of hydrogen-bond donors (Lipinski definition) is 1. The largest absolute Gasteiger partial charge is 0.386 e. The number of aliphatic hydroxyl groups is 1. The molecule has 1 N–H and O–H groups in total. The van der Waals surface area contributed by atoms with Gasteiger partial charge in [0.05, 0.1) is 11.8 Å². The highest BCUT2D eigenvalue weighted by molar-refractivity contribution is 5.06. The van der Waals surface area contributed by atoms with Gasteiger partial charge in [-0.2, -0.15) is 5.10 Å². The van der Waals surface area contributed by atoms with Gasteiger partial charge in [0.15, 0.2) is 0 Å². The Morgan fingerprint density at radius 3 is 3.13 bits per heavy atom. The molecule has 1 saturated heterocycles. The Kier molecular flexibility index (Phi) is 3.07. The van der Waals surface area contributed by atoms with Crippen LogP contribution in [0.4, 0.5) is 0 Å². The molecule has 4 heteroatoms.